The number of rotatable bonds is 5. The van der Waals surface area contributed by atoms with Crippen molar-refractivity contribution in [3.63, 3.8) is 0 Å². The zero-order valence-electron chi connectivity index (χ0n) is 8.85. The van der Waals surface area contributed by atoms with Crippen molar-refractivity contribution in [2.45, 2.75) is 40.0 Å². The minimum absolute atomic E-state index is 0.839. The van der Waals surface area contributed by atoms with Crippen LogP contribution in [0.3, 0.4) is 0 Å². The van der Waals surface area contributed by atoms with E-state index in [4.69, 9.17) is 0 Å². The number of nitrogens with zero attached hydrogens (tertiary/aromatic N) is 1. The quantitative estimate of drug-likeness (QED) is 0.382. The van der Waals surface area contributed by atoms with Gasteiger partial charge in [0.25, 0.3) is 0 Å². The van der Waals surface area contributed by atoms with E-state index in [1.165, 1.54) is 19.3 Å². The molecule has 0 aromatic heterocycles. The van der Waals surface area contributed by atoms with Crippen molar-refractivity contribution < 1.29 is 0 Å². The second-order valence-corrected chi connectivity index (χ2v) is 3.63. The van der Waals surface area contributed by atoms with E-state index in [9.17, 15) is 0 Å². The fourth-order valence-electron chi connectivity index (χ4n) is 1.03. The van der Waals surface area contributed by atoms with Crippen LogP contribution in [0.2, 0.25) is 0 Å². The molecular formula is C10H22N2. The van der Waals surface area contributed by atoms with Gasteiger partial charge in [-0.2, -0.15) is 0 Å². The first-order valence-corrected chi connectivity index (χ1v) is 4.84. The van der Waals surface area contributed by atoms with E-state index in [0.717, 1.165) is 18.3 Å². The molecule has 0 atom stereocenters. The fraction of sp³-hybridized carbons (Fsp3) is 0.900. The predicted octanol–water partition coefficient (Wildman–Crippen LogP) is 2.45. The second kappa shape index (κ2) is 7.14. The highest BCUT2D eigenvalue weighted by Crippen LogP contribution is 2.04. The zero-order valence-corrected chi connectivity index (χ0v) is 8.85. The van der Waals surface area contributed by atoms with Crippen molar-refractivity contribution in [2.24, 2.45) is 10.9 Å². The third-order valence-corrected chi connectivity index (χ3v) is 1.92. The van der Waals surface area contributed by atoms with Crippen LogP contribution in [0.15, 0.2) is 4.99 Å². The lowest BCUT2D eigenvalue weighted by molar-refractivity contribution is 0.535. The first-order chi connectivity index (χ1) is 5.66. The summed E-state index contributed by atoms with van der Waals surface area (Å²) in [6.45, 7) is 7.61. The van der Waals surface area contributed by atoms with Crippen molar-refractivity contribution in [2.75, 3.05) is 13.6 Å². The molecule has 0 aliphatic carbocycles. The van der Waals surface area contributed by atoms with Crippen LogP contribution < -0.4 is 5.32 Å². The summed E-state index contributed by atoms with van der Waals surface area (Å²) in [6.07, 6.45) is 3.91. The van der Waals surface area contributed by atoms with Gasteiger partial charge in [-0.3, -0.25) is 4.99 Å². The van der Waals surface area contributed by atoms with Crippen LogP contribution in [0.5, 0.6) is 0 Å². The first-order valence-electron chi connectivity index (χ1n) is 4.84. The molecule has 0 saturated heterocycles. The van der Waals surface area contributed by atoms with E-state index in [1.807, 2.05) is 14.0 Å². The van der Waals surface area contributed by atoms with Gasteiger partial charge in [0.1, 0.15) is 0 Å². The molecule has 0 aliphatic rings. The SMILES string of the molecule is CN=C(C)NCCCCC(C)C. The molecule has 0 heterocycles. The Balaban J connectivity index is 3.11. The number of aliphatic imine (C=N–C) groups is 1. The fourth-order valence-corrected chi connectivity index (χ4v) is 1.03. The number of amidine groups is 1. The maximum Gasteiger partial charge on any atom is 0.0928 e. The summed E-state index contributed by atoms with van der Waals surface area (Å²) in [5.74, 6) is 1.88. The summed E-state index contributed by atoms with van der Waals surface area (Å²) in [7, 11) is 1.82. The van der Waals surface area contributed by atoms with Gasteiger partial charge >= 0.3 is 0 Å². The summed E-state index contributed by atoms with van der Waals surface area (Å²) < 4.78 is 0. The maximum atomic E-state index is 4.03. The molecule has 0 bridgehead atoms. The normalized spacial score (nSPS) is 12.2. The number of nitrogens with one attached hydrogen (secondary N) is 1. The second-order valence-electron chi connectivity index (χ2n) is 3.63. The van der Waals surface area contributed by atoms with Gasteiger partial charge in [0.15, 0.2) is 0 Å². The molecule has 0 rings (SSSR count). The Labute approximate surface area is 76.5 Å². The Bertz CT molecular complexity index is 128. The van der Waals surface area contributed by atoms with E-state index < -0.39 is 0 Å². The summed E-state index contributed by atoms with van der Waals surface area (Å²) >= 11 is 0. The van der Waals surface area contributed by atoms with E-state index in [2.05, 4.69) is 24.2 Å². The third-order valence-electron chi connectivity index (χ3n) is 1.92. The van der Waals surface area contributed by atoms with Gasteiger partial charge in [-0.15, -0.1) is 0 Å². The van der Waals surface area contributed by atoms with E-state index in [-0.39, 0.29) is 0 Å². The Morgan fingerprint density at radius 1 is 1.33 bits per heavy atom. The smallest absolute Gasteiger partial charge is 0.0928 e. The van der Waals surface area contributed by atoms with Gasteiger partial charge in [0, 0.05) is 13.6 Å². The Morgan fingerprint density at radius 3 is 2.50 bits per heavy atom. The molecule has 0 aromatic rings. The molecule has 0 spiro atoms. The number of hydrogen-bond acceptors (Lipinski definition) is 1. The minimum atomic E-state index is 0.839. The molecule has 0 saturated carbocycles. The van der Waals surface area contributed by atoms with Crippen molar-refractivity contribution in [1.29, 1.82) is 0 Å². The summed E-state index contributed by atoms with van der Waals surface area (Å²) in [5, 5.41) is 3.26. The highest BCUT2D eigenvalue weighted by molar-refractivity contribution is 5.79. The summed E-state index contributed by atoms with van der Waals surface area (Å²) in [6, 6.07) is 0. The third kappa shape index (κ3) is 7.58. The molecule has 1 N–H and O–H groups in total. The lowest BCUT2D eigenvalue weighted by atomic mass is 10.1. The maximum absolute atomic E-state index is 4.03. The molecule has 2 heteroatoms. The molecule has 0 aromatic carbocycles. The number of unbranched alkanes of at least 4 members (excludes halogenated alkanes) is 1. The van der Waals surface area contributed by atoms with Crippen LogP contribution in [0.4, 0.5) is 0 Å². The predicted molar refractivity (Wildman–Crippen MR) is 55.7 cm³/mol. The van der Waals surface area contributed by atoms with Crippen LogP contribution in [0.1, 0.15) is 40.0 Å². The lowest BCUT2D eigenvalue weighted by Gasteiger charge is -2.06. The monoisotopic (exact) mass is 170 g/mol. The number of hydrogen-bond donors (Lipinski definition) is 1. The Hall–Kier alpha value is -0.530. The summed E-state index contributed by atoms with van der Waals surface area (Å²) in [5.41, 5.74) is 0. The van der Waals surface area contributed by atoms with Crippen molar-refractivity contribution >= 4 is 5.84 Å². The lowest BCUT2D eigenvalue weighted by Crippen LogP contribution is -2.21. The van der Waals surface area contributed by atoms with Gasteiger partial charge in [-0.05, 0) is 19.3 Å². The highest BCUT2D eigenvalue weighted by Gasteiger charge is 1.93. The van der Waals surface area contributed by atoms with Gasteiger partial charge < -0.3 is 5.32 Å². The molecular weight excluding hydrogens is 148 g/mol. The van der Waals surface area contributed by atoms with Gasteiger partial charge in [-0.25, -0.2) is 0 Å². The van der Waals surface area contributed by atoms with Crippen LogP contribution in [0.25, 0.3) is 0 Å². The van der Waals surface area contributed by atoms with Crippen LogP contribution in [-0.4, -0.2) is 19.4 Å². The zero-order chi connectivity index (χ0) is 9.40. The molecule has 0 radical (unpaired) electrons. The molecule has 2 nitrogen and oxygen atoms in total. The molecule has 72 valence electrons. The molecule has 0 aliphatic heterocycles. The molecule has 12 heavy (non-hydrogen) atoms. The Morgan fingerprint density at radius 2 is 2.00 bits per heavy atom. The molecule has 0 unspecified atom stereocenters. The van der Waals surface area contributed by atoms with Crippen LogP contribution in [0, 0.1) is 5.92 Å². The van der Waals surface area contributed by atoms with E-state index in [1.54, 1.807) is 0 Å². The highest BCUT2D eigenvalue weighted by atomic mass is 15.0. The van der Waals surface area contributed by atoms with Gasteiger partial charge in [-0.1, -0.05) is 26.7 Å². The van der Waals surface area contributed by atoms with Crippen LogP contribution >= 0.6 is 0 Å². The van der Waals surface area contributed by atoms with Crippen molar-refractivity contribution in [3.8, 4) is 0 Å². The standard InChI is InChI=1S/C10H22N2/c1-9(2)7-5-6-8-12-10(3)11-4/h9H,5-8H2,1-4H3,(H,11,12). The molecule has 0 amide bonds. The van der Waals surface area contributed by atoms with E-state index >= 15 is 0 Å². The Kier molecular flexibility index (Phi) is 6.82. The van der Waals surface area contributed by atoms with Gasteiger partial charge in [0.05, 0.1) is 5.84 Å². The summed E-state index contributed by atoms with van der Waals surface area (Å²) in [4.78, 5) is 4.03. The largest absolute Gasteiger partial charge is 0.374 e. The van der Waals surface area contributed by atoms with Gasteiger partial charge in [0.2, 0.25) is 0 Å². The topological polar surface area (TPSA) is 24.4 Å². The average molecular weight is 170 g/mol. The van der Waals surface area contributed by atoms with Crippen molar-refractivity contribution in [3.05, 3.63) is 0 Å². The molecule has 0 fully saturated rings. The van der Waals surface area contributed by atoms with Crippen molar-refractivity contribution in [1.82, 2.24) is 5.32 Å². The van der Waals surface area contributed by atoms with Crippen LogP contribution in [-0.2, 0) is 0 Å². The average Bonchev–Trinajstić information content (AvgIpc) is 2.03. The minimum Gasteiger partial charge on any atom is -0.374 e. The van der Waals surface area contributed by atoms with E-state index in [0.29, 0.717) is 0 Å². The first kappa shape index (κ1) is 11.5.